The fourth-order valence-corrected chi connectivity index (χ4v) is 3.57. The summed E-state index contributed by atoms with van der Waals surface area (Å²) >= 11 is 0. The number of amides is 2. The van der Waals surface area contributed by atoms with Crippen LogP contribution in [-0.4, -0.2) is 36.1 Å². The van der Waals surface area contributed by atoms with Gasteiger partial charge in [0.2, 0.25) is 0 Å². The van der Waals surface area contributed by atoms with E-state index in [2.05, 4.69) is 53.4 Å². The van der Waals surface area contributed by atoms with Crippen molar-refractivity contribution in [3.05, 3.63) is 66.5 Å². The molecule has 0 aliphatic carbocycles. The molecule has 4 rings (SSSR count). The van der Waals surface area contributed by atoms with Crippen molar-refractivity contribution in [3.8, 4) is 11.3 Å². The molecule has 0 saturated carbocycles. The van der Waals surface area contributed by atoms with Gasteiger partial charge < -0.3 is 10.2 Å². The van der Waals surface area contributed by atoms with Crippen molar-refractivity contribution >= 4 is 23.2 Å². The van der Waals surface area contributed by atoms with Crippen LogP contribution in [0.25, 0.3) is 11.3 Å². The normalized spacial score (nSPS) is 14.0. The molecule has 3 heterocycles. The molecule has 0 spiro atoms. The van der Waals surface area contributed by atoms with E-state index >= 15 is 0 Å². The minimum absolute atomic E-state index is 0.179. The number of fused-ring (bicyclic) bond motifs is 1. The molecular formula is C23H25N5O. The van der Waals surface area contributed by atoms with Crippen molar-refractivity contribution in [2.75, 3.05) is 35.3 Å². The van der Waals surface area contributed by atoms with Crippen LogP contribution in [0.3, 0.4) is 0 Å². The fraction of sp³-hybridized carbons (Fsp3) is 0.261. The summed E-state index contributed by atoms with van der Waals surface area (Å²) in [6.45, 7) is 3.64. The van der Waals surface area contributed by atoms with Gasteiger partial charge in [-0.2, -0.15) is 0 Å². The summed E-state index contributed by atoms with van der Waals surface area (Å²) in [6.07, 6.45) is 5.27. The number of urea groups is 1. The Labute approximate surface area is 171 Å². The number of nitrogens with one attached hydrogen (secondary N) is 1. The number of aryl methyl sites for hydroxylation is 1. The zero-order chi connectivity index (χ0) is 20.2. The van der Waals surface area contributed by atoms with Crippen molar-refractivity contribution in [1.82, 2.24) is 9.97 Å². The number of carbonyl (C=O) groups excluding carboxylic acids is 1. The van der Waals surface area contributed by atoms with Gasteiger partial charge in [-0.1, -0.05) is 23.8 Å². The van der Waals surface area contributed by atoms with Crippen molar-refractivity contribution in [1.29, 1.82) is 0 Å². The maximum atomic E-state index is 13.1. The van der Waals surface area contributed by atoms with E-state index in [1.807, 2.05) is 12.1 Å². The fourth-order valence-electron chi connectivity index (χ4n) is 3.57. The Morgan fingerprint density at radius 1 is 1.03 bits per heavy atom. The number of carbonyl (C=O) groups is 1. The number of anilines is 3. The van der Waals surface area contributed by atoms with Crippen molar-refractivity contribution < 1.29 is 4.79 Å². The van der Waals surface area contributed by atoms with Gasteiger partial charge in [-0.05, 0) is 50.1 Å². The van der Waals surface area contributed by atoms with Crippen LogP contribution in [0.15, 0.2) is 60.9 Å². The molecule has 148 valence electrons. The van der Waals surface area contributed by atoms with E-state index in [9.17, 15) is 4.79 Å². The molecule has 2 aromatic heterocycles. The van der Waals surface area contributed by atoms with Gasteiger partial charge >= 0.3 is 6.03 Å². The molecule has 1 aromatic carbocycles. The summed E-state index contributed by atoms with van der Waals surface area (Å²) in [5.74, 6) is 0.692. The first-order valence-corrected chi connectivity index (χ1v) is 9.89. The molecule has 29 heavy (non-hydrogen) atoms. The van der Waals surface area contributed by atoms with Gasteiger partial charge in [0.25, 0.3) is 0 Å². The smallest absolute Gasteiger partial charge is 0.327 e. The molecule has 0 saturated heterocycles. The summed E-state index contributed by atoms with van der Waals surface area (Å²) in [4.78, 5) is 26.0. The van der Waals surface area contributed by atoms with Crippen LogP contribution in [0.1, 0.15) is 18.4 Å². The van der Waals surface area contributed by atoms with Crippen LogP contribution in [-0.2, 0) is 0 Å². The van der Waals surface area contributed by atoms with Crippen molar-refractivity contribution in [3.63, 3.8) is 0 Å². The average molecular weight is 387 g/mol. The van der Waals surface area contributed by atoms with E-state index in [1.165, 1.54) is 5.56 Å². The molecule has 0 unspecified atom stereocenters. The van der Waals surface area contributed by atoms with E-state index in [4.69, 9.17) is 4.98 Å². The van der Waals surface area contributed by atoms with Gasteiger partial charge in [0, 0.05) is 43.8 Å². The monoisotopic (exact) mass is 387 g/mol. The van der Waals surface area contributed by atoms with Crippen LogP contribution in [0.5, 0.6) is 0 Å². The lowest BCUT2D eigenvalue weighted by molar-refractivity contribution is 0.256. The zero-order valence-corrected chi connectivity index (χ0v) is 16.8. The first-order valence-electron chi connectivity index (χ1n) is 9.89. The van der Waals surface area contributed by atoms with Gasteiger partial charge in [-0.3, -0.25) is 9.88 Å². The van der Waals surface area contributed by atoms with Crippen molar-refractivity contribution in [2.24, 2.45) is 0 Å². The number of aromatic nitrogens is 2. The summed E-state index contributed by atoms with van der Waals surface area (Å²) < 4.78 is 0. The molecule has 3 aromatic rings. The van der Waals surface area contributed by atoms with Gasteiger partial charge in [-0.25, -0.2) is 9.78 Å². The highest BCUT2D eigenvalue weighted by Crippen LogP contribution is 2.33. The highest BCUT2D eigenvalue weighted by atomic mass is 16.2. The van der Waals surface area contributed by atoms with Gasteiger partial charge in [-0.15, -0.1) is 0 Å². The maximum absolute atomic E-state index is 13.1. The number of benzene rings is 1. The topological polar surface area (TPSA) is 61.4 Å². The SMILES string of the molecule is Cc1cccc(-c2ccc3c(n2)N(C(=O)Nc2ccncc2)CCCCN3C)c1. The predicted octanol–water partition coefficient (Wildman–Crippen LogP) is 4.72. The first-order chi connectivity index (χ1) is 14.1. The van der Waals surface area contributed by atoms with Crippen LogP contribution in [0.2, 0.25) is 0 Å². The van der Waals surface area contributed by atoms with E-state index in [-0.39, 0.29) is 6.03 Å². The molecule has 0 fully saturated rings. The van der Waals surface area contributed by atoms with Crippen LogP contribution < -0.4 is 15.1 Å². The van der Waals surface area contributed by atoms with Gasteiger partial charge in [0.05, 0.1) is 11.4 Å². The van der Waals surface area contributed by atoms with E-state index in [1.54, 1.807) is 29.4 Å². The van der Waals surface area contributed by atoms with Crippen LogP contribution >= 0.6 is 0 Å². The van der Waals surface area contributed by atoms with Gasteiger partial charge in [0.1, 0.15) is 0 Å². The Kier molecular flexibility index (Phi) is 5.42. The third kappa shape index (κ3) is 4.21. The molecule has 6 nitrogen and oxygen atoms in total. The number of pyridine rings is 2. The molecule has 1 aliphatic heterocycles. The minimum atomic E-state index is -0.179. The Morgan fingerprint density at radius 2 is 1.83 bits per heavy atom. The van der Waals surface area contributed by atoms with E-state index in [0.29, 0.717) is 12.4 Å². The van der Waals surface area contributed by atoms with Crippen LogP contribution in [0.4, 0.5) is 22.0 Å². The zero-order valence-electron chi connectivity index (χ0n) is 16.8. The number of hydrogen-bond acceptors (Lipinski definition) is 4. The standard InChI is InChI=1S/C23H25N5O/c1-17-6-5-7-18(16-17)20-8-9-21-22(26-20)28(15-4-3-14-27(21)2)23(29)25-19-10-12-24-13-11-19/h5-13,16H,3-4,14-15H2,1-2H3,(H,24,25,29). The second kappa shape index (κ2) is 8.31. The molecule has 0 radical (unpaired) electrons. The highest BCUT2D eigenvalue weighted by molar-refractivity contribution is 6.03. The quantitative estimate of drug-likeness (QED) is 0.691. The molecule has 6 heteroatoms. The minimum Gasteiger partial charge on any atom is -0.372 e. The Balaban J connectivity index is 1.74. The summed E-state index contributed by atoms with van der Waals surface area (Å²) in [7, 11) is 2.05. The second-order valence-corrected chi connectivity index (χ2v) is 7.36. The molecular weight excluding hydrogens is 362 g/mol. The summed E-state index contributed by atoms with van der Waals surface area (Å²) in [5.41, 5.74) is 4.78. The predicted molar refractivity (Wildman–Crippen MR) is 118 cm³/mol. The molecule has 0 atom stereocenters. The lowest BCUT2D eigenvalue weighted by Gasteiger charge is -2.31. The third-order valence-electron chi connectivity index (χ3n) is 5.14. The molecule has 0 bridgehead atoms. The largest absolute Gasteiger partial charge is 0.372 e. The summed E-state index contributed by atoms with van der Waals surface area (Å²) in [5, 5.41) is 2.97. The number of rotatable bonds is 2. The lowest BCUT2D eigenvalue weighted by atomic mass is 10.1. The lowest BCUT2D eigenvalue weighted by Crippen LogP contribution is -2.39. The van der Waals surface area contributed by atoms with Gasteiger partial charge in [0.15, 0.2) is 5.82 Å². The number of nitrogens with zero attached hydrogens (tertiary/aromatic N) is 4. The molecule has 1 N–H and O–H groups in total. The van der Waals surface area contributed by atoms with Crippen molar-refractivity contribution in [2.45, 2.75) is 19.8 Å². The molecule has 2 amide bonds. The summed E-state index contributed by atoms with van der Waals surface area (Å²) in [6, 6.07) is 15.8. The number of hydrogen-bond donors (Lipinski definition) is 1. The highest BCUT2D eigenvalue weighted by Gasteiger charge is 2.24. The average Bonchev–Trinajstić information content (AvgIpc) is 2.72. The van der Waals surface area contributed by atoms with E-state index in [0.717, 1.165) is 42.0 Å². The third-order valence-corrected chi connectivity index (χ3v) is 5.14. The molecule has 1 aliphatic rings. The Hall–Kier alpha value is -3.41. The second-order valence-electron chi connectivity index (χ2n) is 7.36. The van der Waals surface area contributed by atoms with E-state index < -0.39 is 0 Å². The Bertz CT molecular complexity index is 1010. The maximum Gasteiger partial charge on any atom is 0.327 e. The van der Waals surface area contributed by atoms with Crippen LogP contribution in [0, 0.1) is 6.92 Å². The Morgan fingerprint density at radius 3 is 2.62 bits per heavy atom. The first kappa shape index (κ1) is 18.9.